The quantitative estimate of drug-likeness (QED) is 0.665. The zero-order valence-electron chi connectivity index (χ0n) is 11.8. The number of para-hydroxylation sites is 2. The number of nitriles is 1. The molecule has 0 fully saturated rings. The highest BCUT2D eigenvalue weighted by atomic mass is 79.9. The second-order valence-corrected chi connectivity index (χ2v) is 5.29. The Morgan fingerprint density at radius 2 is 1.91 bits per heavy atom. The molecule has 0 unspecified atom stereocenters. The van der Waals surface area contributed by atoms with Crippen molar-refractivity contribution in [1.82, 2.24) is 0 Å². The largest absolute Gasteiger partial charge is 0.495 e. The highest BCUT2D eigenvalue weighted by Crippen LogP contribution is 2.23. The number of halogens is 1. The van der Waals surface area contributed by atoms with Crippen LogP contribution in [-0.4, -0.2) is 13.0 Å². The number of methoxy groups -OCH3 is 1. The molecule has 0 spiro atoms. The first-order valence-corrected chi connectivity index (χ1v) is 7.25. The number of anilines is 1. The van der Waals surface area contributed by atoms with E-state index in [1.54, 1.807) is 24.3 Å². The van der Waals surface area contributed by atoms with Crippen molar-refractivity contribution in [1.29, 1.82) is 5.26 Å². The van der Waals surface area contributed by atoms with Gasteiger partial charge in [0, 0.05) is 4.47 Å². The molecule has 2 rings (SSSR count). The van der Waals surface area contributed by atoms with E-state index in [0.29, 0.717) is 11.4 Å². The number of nitrogens with zero attached hydrogens (tertiary/aromatic N) is 1. The van der Waals surface area contributed by atoms with Crippen LogP contribution in [0.4, 0.5) is 5.69 Å². The highest BCUT2D eigenvalue weighted by molar-refractivity contribution is 9.10. The van der Waals surface area contributed by atoms with Gasteiger partial charge in [-0.05, 0) is 35.9 Å². The summed E-state index contributed by atoms with van der Waals surface area (Å²) in [6, 6.07) is 16.3. The Labute approximate surface area is 137 Å². The van der Waals surface area contributed by atoms with Crippen molar-refractivity contribution in [2.75, 3.05) is 12.4 Å². The summed E-state index contributed by atoms with van der Waals surface area (Å²) in [7, 11) is 1.52. The summed E-state index contributed by atoms with van der Waals surface area (Å²) < 4.78 is 6.10. The van der Waals surface area contributed by atoms with E-state index in [4.69, 9.17) is 4.74 Å². The smallest absolute Gasteiger partial charge is 0.266 e. The van der Waals surface area contributed by atoms with Crippen molar-refractivity contribution in [3.8, 4) is 11.8 Å². The van der Waals surface area contributed by atoms with E-state index in [1.165, 1.54) is 13.2 Å². The Bertz CT molecular complexity index is 746. The molecule has 110 valence electrons. The average molecular weight is 357 g/mol. The van der Waals surface area contributed by atoms with Crippen LogP contribution < -0.4 is 10.1 Å². The maximum atomic E-state index is 12.2. The minimum atomic E-state index is -0.477. The number of carbonyl (C=O) groups excluding carboxylic acids is 1. The van der Waals surface area contributed by atoms with Gasteiger partial charge in [-0.2, -0.15) is 5.26 Å². The highest BCUT2D eigenvalue weighted by Gasteiger charge is 2.11. The third-order valence-corrected chi connectivity index (χ3v) is 3.43. The average Bonchev–Trinajstić information content (AvgIpc) is 2.54. The minimum absolute atomic E-state index is 0.0215. The van der Waals surface area contributed by atoms with E-state index in [-0.39, 0.29) is 5.57 Å². The van der Waals surface area contributed by atoms with Crippen LogP contribution in [0.25, 0.3) is 6.08 Å². The molecule has 5 heteroatoms. The number of nitrogens with one attached hydrogen (secondary N) is 1. The summed E-state index contributed by atoms with van der Waals surface area (Å²) in [6.07, 6.45) is 1.54. The molecule has 2 aromatic carbocycles. The molecule has 1 amide bonds. The normalized spacial score (nSPS) is 10.7. The lowest BCUT2D eigenvalue weighted by atomic mass is 10.1. The number of rotatable bonds is 4. The van der Waals surface area contributed by atoms with E-state index in [9.17, 15) is 10.1 Å². The molecule has 0 saturated heterocycles. The summed E-state index contributed by atoms with van der Waals surface area (Å²) in [5, 5.41) is 11.9. The lowest BCUT2D eigenvalue weighted by Gasteiger charge is -2.09. The number of amides is 1. The van der Waals surface area contributed by atoms with Gasteiger partial charge in [0.25, 0.3) is 5.91 Å². The third-order valence-electron chi connectivity index (χ3n) is 2.90. The van der Waals surface area contributed by atoms with Crippen LogP contribution in [0.15, 0.2) is 58.6 Å². The van der Waals surface area contributed by atoms with Gasteiger partial charge >= 0.3 is 0 Å². The molecule has 22 heavy (non-hydrogen) atoms. The molecule has 0 aliphatic heterocycles. The first-order chi connectivity index (χ1) is 10.6. The van der Waals surface area contributed by atoms with Crippen molar-refractivity contribution in [2.45, 2.75) is 0 Å². The SMILES string of the molecule is COc1ccccc1NC(=O)/C(C#N)=C/c1ccc(Br)cc1. The van der Waals surface area contributed by atoms with Gasteiger partial charge in [-0.3, -0.25) is 4.79 Å². The molecule has 0 aliphatic rings. The molecule has 0 aliphatic carbocycles. The van der Waals surface area contributed by atoms with Gasteiger partial charge in [0.15, 0.2) is 0 Å². The second-order valence-electron chi connectivity index (χ2n) is 4.38. The molecular formula is C17H13BrN2O2. The van der Waals surface area contributed by atoms with E-state index < -0.39 is 5.91 Å². The fraction of sp³-hybridized carbons (Fsp3) is 0.0588. The molecule has 0 bridgehead atoms. The lowest BCUT2D eigenvalue weighted by Crippen LogP contribution is -2.14. The van der Waals surface area contributed by atoms with Crippen molar-refractivity contribution in [3.05, 3.63) is 64.1 Å². The molecule has 0 heterocycles. The van der Waals surface area contributed by atoms with Gasteiger partial charge in [-0.1, -0.05) is 40.2 Å². The van der Waals surface area contributed by atoms with Gasteiger partial charge in [-0.25, -0.2) is 0 Å². The number of hydrogen-bond acceptors (Lipinski definition) is 3. The van der Waals surface area contributed by atoms with Crippen LogP contribution in [-0.2, 0) is 4.79 Å². The zero-order valence-corrected chi connectivity index (χ0v) is 13.4. The van der Waals surface area contributed by atoms with E-state index in [0.717, 1.165) is 10.0 Å². The number of carbonyl (C=O) groups is 1. The van der Waals surface area contributed by atoms with Crippen molar-refractivity contribution < 1.29 is 9.53 Å². The van der Waals surface area contributed by atoms with E-state index >= 15 is 0 Å². The molecule has 0 atom stereocenters. The standard InChI is InChI=1S/C17H13BrN2O2/c1-22-16-5-3-2-4-15(16)20-17(21)13(11-19)10-12-6-8-14(18)9-7-12/h2-10H,1H3,(H,20,21)/b13-10+. The maximum Gasteiger partial charge on any atom is 0.266 e. The summed E-state index contributed by atoms with van der Waals surface area (Å²) >= 11 is 3.34. The first-order valence-electron chi connectivity index (χ1n) is 6.46. The summed E-state index contributed by atoms with van der Waals surface area (Å²) in [5.41, 5.74) is 1.31. The first kappa shape index (κ1) is 15.8. The van der Waals surface area contributed by atoms with Gasteiger partial charge in [0.1, 0.15) is 17.4 Å². The predicted molar refractivity (Wildman–Crippen MR) is 89.4 cm³/mol. The zero-order chi connectivity index (χ0) is 15.9. The minimum Gasteiger partial charge on any atom is -0.495 e. The van der Waals surface area contributed by atoms with Crippen LogP contribution in [0.3, 0.4) is 0 Å². The molecule has 0 aromatic heterocycles. The topological polar surface area (TPSA) is 62.1 Å². The predicted octanol–water partition coefficient (Wildman–Crippen LogP) is 4.00. The Hall–Kier alpha value is -2.58. The van der Waals surface area contributed by atoms with Crippen molar-refractivity contribution >= 4 is 33.6 Å². The van der Waals surface area contributed by atoms with Crippen LogP contribution in [0.1, 0.15) is 5.56 Å². The molecule has 4 nitrogen and oxygen atoms in total. The third kappa shape index (κ3) is 3.96. The number of benzene rings is 2. The van der Waals surface area contributed by atoms with Gasteiger partial charge in [-0.15, -0.1) is 0 Å². The number of ether oxygens (including phenoxy) is 1. The lowest BCUT2D eigenvalue weighted by molar-refractivity contribution is -0.112. The molecule has 2 aromatic rings. The summed E-state index contributed by atoms with van der Waals surface area (Å²) in [6.45, 7) is 0. The van der Waals surface area contributed by atoms with Crippen molar-refractivity contribution in [3.63, 3.8) is 0 Å². The van der Waals surface area contributed by atoms with E-state index in [2.05, 4.69) is 21.2 Å². The Morgan fingerprint density at radius 3 is 2.55 bits per heavy atom. The van der Waals surface area contributed by atoms with Gasteiger partial charge in [0.2, 0.25) is 0 Å². The fourth-order valence-corrected chi connectivity index (χ4v) is 2.08. The van der Waals surface area contributed by atoms with E-state index in [1.807, 2.05) is 30.3 Å². The summed E-state index contributed by atoms with van der Waals surface area (Å²) in [4.78, 5) is 12.2. The van der Waals surface area contributed by atoms with Crippen LogP contribution in [0.5, 0.6) is 5.75 Å². The van der Waals surface area contributed by atoms with Gasteiger partial charge < -0.3 is 10.1 Å². The maximum absolute atomic E-state index is 12.2. The Balaban J connectivity index is 2.22. The summed E-state index contributed by atoms with van der Waals surface area (Å²) in [5.74, 6) is 0.0618. The monoisotopic (exact) mass is 356 g/mol. The molecular weight excluding hydrogens is 344 g/mol. The Kier molecular flexibility index (Phi) is 5.34. The second kappa shape index (κ2) is 7.43. The van der Waals surface area contributed by atoms with Crippen LogP contribution >= 0.6 is 15.9 Å². The molecule has 0 radical (unpaired) electrons. The van der Waals surface area contributed by atoms with Crippen LogP contribution in [0, 0.1) is 11.3 Å². The Morgan fingerprint density at radius 1 is 1.23 bits per heavy atom. The fourth-order valence-electron chi connectivity index (χ4n) is 1.81. The number of hydrogen-bond donors (Lipinski definition) is 1. The van der Waals surface area contributed by atoms with Crippen LogP contribution in [0.2, 0.25) is 0 Å². The molecule has 1 N–H and O–H groups in total. The van der Waals surface area contributed by atoms with Crippen molar-refractivity contribution in [2.24, 2.45) is 0 Å². The van der Waals surface area contributed by atoms with Gasteiger partial charge in [0.05, 0.1) is 12.8 Å². The molecule has 0 saturated carbocycles.